The van der Waals surface area contributed by atoms with E-state index in [1.807, 2.05) is 0 Å². The third-order valence-electron chi connectivity index (χ3n) is 9.84. The summed E-state index contributed by atoms with van der Waals surface area (Å²) < 4.78 is 1.31. The molecule has 0 saturated heterocycles. The van der Waals surface area contributed by atoms with E-state index in [1.165, 1.54) is 74.9 Å². The third kappa shape index (κ3) is 4.97. The van der Waals surface area contributed by atoms with Gasteiger partial charge in [0, 0.05) is 0 Å². The molecule has 0 bridgehead atoms. The van der Waals surface area contributed by atoms with Crippen molar-refractivity contribution in [3.63, 3.8) is 0 Å². The van der Waals surface area contributed by atoms with Crippen LogP contribution in [0.25, 0.3) is 50.6 Å². The second kappa shape index (κ2) is 12.1. The molecule has 2 aliphatic rings. The maximum absolute atomic E-state index is 8.00. The van der Waals surface area contributed by atoms with Crippen LogP contribution in [0.5, 0.6) is 0 Å². The van der Waals surface area contributed by atoms with Gasteiger partial charge < -0.3 is 0 Å². The summed E-state index contributed by atoms with van der Waals surface area (Å²) in [7, 11) is 15.3. The fourth-order valence-electron chi connectivity index (χ4n) is 7.72. The Morgan fingerprint density at radius 2 is 1.15 bits per heavy atom. The van der Waals surface area contributed by atoms with Gasteiger partial charge in [-0.15, -0.1) is 0 Å². The number of benzene rings is 6. The summed E-state index contributed by atoms with van der Waals surface area (Å²) in [6.45, 7) is 4.60. The summed E-state index contributed by atoms with van der Waals surface area (Å²) in [6, 6.07) is 50.7. The molecule has 0 spiro atoms. The van der Waals surface area contributed by atoms with Crippen molar-refractivity contribution < 1.29 is 17.9 Å². The molecule has 0 saturated carbocycles. The second-order valence-corrected chi connectivity index (χ2v) is 28.6. The van der Waals surface area contributed by atoms with Crippen LogP contribution < -0.4 is 13.6 Å². The molecule has 8 rings (SSSR count). The average molecular weight is 729 g/mol. The van der Waals surface area contributed by atoms with Gasteiger partial charge in [0.05, 0.1) is 0 Å². The molecule has 1 atom stereocenters. The first-order valence-corrected chi connectivity index (χ1v) is 26.5. The predicted octanol–water partition coefficient (Wildman–Crippen LogP) is 9.67. The number of allylic oxidation sites excluding steroid dienone is 1. The van der Waals surface area contributed by atoms with Gasteiger partial charge in [-0.2, -0.15) is 0 Å². The summed E-state index contributed by atoms with van der Waals surface area (Å²) in [6.07, 6.45) is 2.46. The van der Waals surface area contributed by atoms with E-state index in [9.17, 15) is 0 Å². The van der Waals surface area contributed by atoms with Crippen LogP contribution in [-0.4, -0.2) is 9.52 Å². The van der Waals surface area contributed by atoms with Crippen molar-refractivity contribution in [2.24, 2.45) is 5.92 Å². The van der Waals surface area contributed by atoms with E-state index in [0.717, 1.165) is 0 Å². The molecule has 1 aliphatic heterocycles. The van der Waals surface area contributed by atoms with Crippen LogP contribution in [0, 0.1) is 5.92 Å². The van der Waals surface area contributed by atoms with Crippen molar-refractivity contribution in [3.8, 4) is 44.5 Å². The molecule has 6 aromatic rings. The van der Waals surface area contributed by atoms with Gasteiger partial charge in [0.2, 0.25) is 0 Å². The zero-order valence-electron chi connectivity index (χ0n) is 26.0. The Morgan fingerprint density at radius 3 is 1.85 bits per heavy atom. The van der Waals surface area contributed by atoms with Crippen molar-refractivity contribution in [3.05, 3.63) is 156 Å². The average Bonchev–Trinajstić information content (AvgIpc) is 3.68. The number of hydrogen-bond acceptors (Lipinski definition) is 0. The van der Waals surface area contributed by atoms with Crippen molar-refractivity contribution >= 4 is 46.3 Å². The van der Waals surface area contributed by atoms with Gasteiger partial charge >= 0.3 is 288 Å². The summed E-state index contributed by atoms with van der Waals surface area (Å²) in [5.41, 5.74) is 14.0. The van der Waals surface area contributed by atoms with Crippen molar-refractivity contribution in [1.29, 1.82) is 0 Å². The van der Waals surface area contributed by atoms with Crippen molar-refractivity contribution in [2.75, 3.05) is 0 Å². The Morgan fingerprint density at radius 1 is 0.565 bits per heavy atom. The standard InChI is InChI=1S/C30H25.C12H9Si.2ClH.Zr/c1-21(2)25-19-24-17-18-27(23-13-7-4-8-14-23)30(29(24)20-25)28-16-10-9-15-26(28)22-11-5-3-6-12-22;1-3-7-11-9(5-1)10-6-2-4-8-12(10)13-11;;;/h3-21H,1-2H3;1-7H,13H2;2*1H;/q;;;;+2/p-2. The Kier molecular flexibility index (Phi) is 7.90. The first-order valence-electron chi connectivity index (χ1n) is 16.1. The molecule has 0 nitrogen and oxygen atoms in total. The zero-order chi connectivity index (χ0) is 31.4. The van der Waals surface area contributed by atoms with Gasteiger partial charge in [0.15, 0.2) is 0 Å². The minimum absolute atomic E-state index is 0.0318. The summed E-state index contributed by atoms with van der Waals surface area (Å²) in [5.74, 6) is 0.314. The SMILES string of the molecule is CC(C)C1=Cc2c(ccc(-c3ccccc3)c2-c2ccccc2-c2ccccc2)[CH]1[Zr]([Cl])([Cl])[c]1cccc2c1[SiH2]c1ccccc1-2. The van der Waals surface area contributed by atoms with Gasteiger partial charge in [-0.1, -0.05) is 0 Å². The van der Waals surface area contributed by atoms with E-state index < -0.39 is 27.4 Å². The number of hydrogen-bond donors (Lipinski definition) is 0. The van der Waals surface area contributed by atoms with E-state index in [-0.39, 0.29) is 3.63 Å². The van der Waals surface area contributed by atoms with E-state index in [2.05, 4.69) is 159 Å². The van der Waals surface area contributed by atoms with E-state index >= 15 is 0 Å². The first-order chi connectivity index (χ1) is 22.4. The molecule has 0 aromatic heterocycles. The van der Waals surface area contributed by atoms with Crippen molar-refractivity contribution in [2.45, 2.75) is 17.5 Å². The molecule has 4 heteroatoms. The molecule has 1 heterocycles. The van der Waals surface area contributed by atoms with Gasteiger partial charge in [-0.05, 0) is 0 Å². The van der Waals surface area contributed by atoms with E-state index in [0.29, 0.717) is 5.92 Å². The van der Waals surface area contributed by atoms with Crippen LogP contribution in [0.3, 0.4) is 0 Å². The molecule has 0 amide bonds. The molecule has 6 aromatic carbocycles. The van der Waals surface area contributed by atoms with Crippen LogP contribution in [0.4, 0.5) is 0 Å². The van der Waals surface area contributed by atoms with Crippen LogP contribution >= 0.6 is 17.0 Å². The van der Waals surface area contributed by atoms with E-state index in [4.69, 9.17) is 17.0 Å². The quantitative estimate of drug-likeness (QED) is 0.150. The second-order valence-electron chi connectivity index (χ2n) is 12.8. The maximum atomic E-state index is 8.00. The Labute approximate surface area is 286 Å². The topological polar surface area (TPSA) is 0 Å². The number of halogens is 2. The molecule has 0 fully saturated rings. The summed E-state index contributed by atoms with van der Waals surface area (Å²) in [5, 5.41) is 2.97. The summed E-state index contributed by atoms with van der Waals surface area (Å²) >= 11 is -4.12. The van der Waals surface area contributed by atoms with Gasteiger partial charge in [0.25, 0.3) is 0 Å². The summed E-state index contributed by atoms with van der Waals surface area (Å²) in [4.78, 5) is 0. The predicted molar refractivity (Wildman–Crippen MR) is 199 cm³/mol. The molecular weight excluding hydrogens is 695 g/mol. The Hall–Kier alpha value is -3.26. The van der Waals surface area contributed by atoms with Crippen molar-refractivity contribution in [1.82, 2.24) is 0 Å². The molecule has 0 radical (unpaired) electrons. The van der Waals surface area contributed by atoms with Crippen LogP contribution in [0.2, 0.25) is 0 Å². The molecule has 1 aliphatic carbocycles. The van der Waals surface area contributed by atoms with Crippen LogP contribution in [-0.2, 0) is 17.9 Å². The first kappa shape index (κ1) is 30.1. The van der Waals surface area contributed by atoms with E-state index in [1.54, 1.807) is 0 Å². The minimum atomic E-state index is -4.12. The number of fused-ring (bicyclic) bond motifs is 4. The molecule has 46 heavy (non-hydrogen) atoms. The van der Waals surface area contributed by atoms with Gasteiger partial charge in [-0.3, -0.25) is 0 Å². The molecule has 0 N–H and O–H groups in total. The molecule has 1 unspecified atom stereocenters. The van der Waals surface area contributed by atoms with Gasteiger partial charge in [0.1, 0.15) is 0 Å². The van der Waals surface area contributed by atoms with Crippen LogP contribution in [0.1, 0.15) is 28.6 Å². The zero-order valence-corrected chi connectivity index (χ0v) is 31.4. The normalized spacial score (nSPS) is 15.5. The third-order valence-corrected chi connectivity index (χ3v) is 24.1. The van der Waals surface area contributed by atoms with Gasteiger partial charge in [-0.25, -0.2) is 0 Å². The Balaban J connectivity index is 1.37. The fourth-order valence-corrected chi connectivity index (χ4v) is 24.8. The molecular formula is C42H34Cl2SiZr. The van der Waals surface area contributed by atoms with Crippen LogP contribution in [0.15, 0.2) is 145 Å². The number of rotatable bonds is 6. The Bertz CT molecular complexity index is 2130. The monoisotopic (exact) mass is 726 g/mol. The molecule has 224 valence electrons. The fraction of sp³-hybridized carbons (Fsp3) is 0.0952.